The normalized spacial score (nSPS) is 13.9. The average Bonchev–Trinajstić information content (AvgIpc) is 2.88. The van der Waals surface area contributed by atoms with Crippen molar-refractivity contribution in [3.63, 3.8) is 0 Å². The van der Waals surface area contributed by atoms with E-state index in [-0.39, 0.29) is 24.3 Å². The highest BCUT2D eigenvalue weighted by molar-refractivity contribution is 5.95. The van der Waals surface area contributed by atoms with E-state index in [2.05, 4.69) is 16.0 Å². The summed E-state index contributed by atoms with van der Waals surface area (Å²) < 4.78 is 0. The van der Waals surface area contributed by atoms with Gasteiger partial charge in [-0.1, -0.05) is 38.1 Å². The highest BCUT2D eigenvalue weighted by Crippen LogP contribution is 2.13. The van der Waals surface area contributed by atoms with E-state index in [9.17, 15) is 44.4 Å². The van der Waals surface area contributed by atoms with Gasteiger partial charge in [-0.15, -0.1) is 0 Å². The Bertz CT molecular complexity index is 1200. The third kappa shape index (κ3) is 9.91. The third-order valence-corrected chi connectivity index (χ3v) is 5.98. The van der Waals surface area contributed by atoms with Gasteiger partial charge in [0.2, 0.25) is 17.7 Å². The number of aliphatic carboxylic acids is 2. The fraction of sp³-hybridized carbons (Fsp3) is 0.370. The molecular weight excluding hydrogens is 524 g/mol. The number of hydrogen-bond acceptors (Lipinski definition) is 8. The van der Waals surface area contributed by atoms with Crippen molar-refractivity contribution in [1.82, 2.24) is 16.0 Å². The number of benzene rings is 2. The number of carbonyl (C=O) groups excluding carboxylic acids is 3. The molecule has 0 bridgehead atoms. The zero-order valence-electron chi connectivity index (χ0n) is 22.0. The summed E-state index contributed by atoms with van der Waals surface area (Å²) in [6.07, 6.45) is -0.914. The molecule has 0 fully saturated rings. The molecule has 13 nitrogen and oxygen atoms in total. The molecule has 40 heavy (non-hydrogen) atoms. The minimum absolute atomic E-state index is 0.0222. The van der Waals surface area contributed by atoms with Crippen LogP contribution in [-0.2, 0) is 36.8 Å². The van der Waals surface area contributed by atoms with Gasteiger partial charge in [-0.2, -0.15) is 0 Å². The molecule has 0 spiro atoms. The van der Waals surface area contributed by atoms with Crippen molar-refractivity contribution in [3.8, 4) is 11.5 Å². The molecule has 3 amide bonds. The van der Waals surface area contributed by atoms with Crippen LogP contribution >= 0.6 is 0 Å². The van der Waals surface area contributed by atoms with Crippen LogP contribution < -0.4 is 21.7 Å². The zero-order valence-corrected chi connectivity index (χ0v) is 22.0. The van der Waals surface area contributed by atoms with Crippen LogP contribution in [0.25, 0.3) is 0 Å². The second kappa shape index (κ2) is 14.5. The quantitative estimate of drug-likeness (QED) is 0.153. The molecule has 4 unspecified atom stereocenters. The van der Waals surface area contributed by atoms with Gasteiger partial charge in [0.25, 0.3) is 0 Å². The molecule has 4 atom stereocenters. The Morgan fingerprint density at radius 3 is 1.60 bits per heavy atom. The lowest BCUT2D eigenvalue weighted by Crippen LogP contribution is -2.58. The minimum Gasteiger partial charge on any atom is -0.508 e. The average molecular weight is 559 g/mol. The van der Waals surface area contributed by atoms with Crippen molar-refractivity contribution in [3.05, 3.63) is 59.7 Å². The van der Waals surface area contributed by atoms with Crippen LogP contribution in [0.4, 0.5) is 0 Å². The molecule has 0 radical (unpaired) electrons. The van der Waals surface area contributed by atoms with E-state index in [1.54, 1.807) is 26.0 Å². The number of nitrogens with one attached hydrogen (secondary N) is 3. The maximum Gasteiger partial charge on any atom is 0.326 e. The molecule has 0 aliphatic heterocycles. The van der Waals surface area contributed by atoms with Crippen LogP contribution in [-0.4, -0.2) is 74.3 Å². The van der Waals surface area contributed by atoms with Crippen LogP contribution in [0, 0.1) is 5.92 Å². The summed E-state index contributed by atoms with van der Waals surface area (Å²) in [5.74, 6) is -5.84. The second-order valence-corrected chi connectivity index (χ2v) is 9.64. The Balaban J connectivity index is 2.23. The first-order chi connectivity index (χ1) is 18.8. The Hall–Kier alpha value is -4.65. The Kier molecular flexibility index (Phi) is 11.4. The van der Waals surface area contributed by atoms with Crippen molar-refractivity contribution in [2.24, 2.45) is 11.7 Å². The summed E-state index contributed by atoms with van der Waals surface area (Å²) in [5, 5.41) is 44.9. The number of phenolic OH excluding ortho intramolecular Hbond substituents is 2. The molecule has 0 aliphatic carbocycles. The number of carbonyl (C=O) groups is 5. The SMILES string of the molecule is CC(C)C(NC(=O)C(Cc1ccc(O)cc1)NC(=O)C(CC(=O)O)NC(=O)C(N)Cc1ccc(O)cc1)C(=O)O. The molecule has 13 heteroatoms. The number of amides is 3. The van der Waals surface area contributed by atoms with E-state index >= 15 is 0 Å². The number of phenols is 2. The van der Waals surface area contributed by atoms with Gasteiger partial charge in [0, 0.05) is 6.42 Å². The fourth-order valence-electron chi connectivity index (χ4n) is 3.76. The number of nitrogens with two attached hydrogens (primary N) is 1. The van der Waals surface area contributed by atoms with Crippen molar-refractivity contribution >= 4 is 29.7 Å². The molecule has 216 valence electrons. The number of aromatic hydroxyl groups is 2. The van der Waals surface area contributed by atoms with Gasteiger partial charge in [-0.3, -0.25) is 19.2 Å². The number of carboxylic acids is 2. The van der Waals surface area contributed by atoms with Crippen molar-refractivity contribution in [1.29, 1.82) is 0 Å². The summed E-state index contributed by atoms with van der Waals surface area (Å²) in [4.78, 5) is 62.0. The minimum atomic E-state index is -1.61. The fourth-order valence-corrected chi connectivity index (χ4v) is 3.76. The van der Waals surface area contributed by atoms with Gasteiger partial charge in [0.05, 0.1) is 12.5 Å². The molecule has 2 aromatic rings. The Labute approximate surface area is 230 Å². The highest BCUT2D eigenvalue weighted by Gasteiger charge is 2.32. The molecule has 0 saturated heterocycles. The predicted octanol–water partition coefficient (Wildman–Crippen LogP) is -0.120. The highest BCUT2D eigenvalue weighted by atomic mass is 16.4. The van der Waals surface area contributed by atoms with Gasteiger partial charge in [0.15, 0.2) is 0 Å². The van der Waals surface area contributed by atoms with Crippen LogP contribution in [0.1, 0.15) is 31.4 Å². The standard InChI is InChI=1S/C27H34N4O9/c1-14(2)23(27(39)40)31-26(38)20(12-16-5-9-18(33)10-6-16)30-25(37)21(13-22(34)35)29-24(36)19(28)11-15-3-7-17(32)8-4-15/h3-10,14,19-21,23,32-33H,11-13,28H2,1-2H3,(H,29,36)(H,30,37)(H,31,38)(H,34,35)(H,39,40). The lowest BCUT2D eigenvalue weighted by Gasteiger charge is -2.25. The topological polar surface area (TPSA) is 228 Å². The Morgan fingerprint density at radius 2 is 1.15 bits per heavy atom. The van der Waals surface area contributed by atoms with Gasteiger partial charge in [-0.05, 0) is 47.7 Å². The molecule has 0 saturated carbocycles. The summed E-state index contributed by atoms with van der Waals surface area (Å²) in [6.45, 7) is 3.18. The number of hydrogen-bond donors (Lipinski definition) is 8. The molecule has 0 aliphatic rings. The number of carboxylic acid groups (broad SMARTS) is 2. The molecule has 2 aromatic carbocycles. The van der Waals surface area contributed by atoms with E-state index < -0.39 is 66.2 Å². The van der Waals surface area contributed by atoms with Gasteiger partial charge in [-0.25, -0.2) is 4.79 Å². The Morgan fingerprint density at radius 1 is 0.700 bits per heavy atom. The maximum absolute atomic E-state index is 13.2. The van der Waals surface area contributed by atoms with E-state index in [1.807, 2.05) is 0 Å². The van der Waals surface area contributed by atoms with Gasteiger partial charge in [0.1, 0.15) is 29.6 Å². The monoisotopic (exact) mass is 558 g/mol. The summed E-state index contributed by atoms with van der Waals surface area (Å²) >= 11 is 0. The van der Waals surface area contributed by atoms with Crippen LogP contribution in [0.2, 0.25) is 0 Å². The predicted molar refractivity (Wildman–Crippen MR) is 142 cm³/mol. The lowest BCUT2D eigenvalue weighted by atomic mass is 10.0. The van der Waals surface area contributed by atoms with E-state index in [0.29, 0.717) is 11.1 Å². The molecule has 0 aromatic heterocycles. The van der Waals surface area contributed by atoms with Gasteiger partial charge < -0.3 is 42.1 Å². The van der Waals surface area contributed by atoms with Crippen molar-refractivity contribution < 1.29 is 44.4 Å². The van der Waals surface area contributed by atoms with Crippen LogP contribution in [0.3, 0.4) is 0 Å². The summed E-state index contributed by atoms with van der Waals surface area (Å²) in [7, 11) is 0. The number of rotatable bonds is 14. The molecular formula is C27H34N4O9. The summed E-state index contributed by atoms with van der Waals surface area (Å²) in [6, 6.07) is 6.27. The zero-order chi connectivity index (χ0) is 30.0. The van der Waals surface area contributed by atoms with E-state index in [0.717, 1.165) is 0 Å². The molecule has 0 heterocycles. The largest absolute Gasteiger partial charge is 0.508 e. The molecule has 2 rings (SSSR count). The first-order valence-corrected chi connectivity index (χ1v) is 12.4. The lowest BCUT2D eigenvalue weighted by molar-refractivity contribution is -0.144. The molecule has 9 N–H and O–H groups in total. The van der Waals surface area contributed by atoms with Crippen molar-refractivity contribution in [2.75, 3.05) is 0 Å². The third-order valence-electron chi connectivity index (χ3n) is 5.98. The van der Waals surface area contributed by atoms with E-state index in [4.69, 9.17) is 5.73 Å². The first-order valence-electron chi connectivity index (χ1n) is 12.4. The second-order valence-electron chi connectivity index (χ2n) is 9.64. The van der Waals surface area contributed by atoms with E-state index in [1.165, 1.54) is 36.4 Å². The smallest absolute Gasteiger partial charge is 0.326 e. The van der Waals surface area contributed by atoms with Crippen molar-refractivity contribution in [2.45, 2.75) is 57.3 Å². The van der Waals surface area contributed by atoms with Crippen LogP contribution in [0.5, 0.6) is 11.5 Å². The summed E-state index contributed by atoms with van der Waals surface area (Å²) in [5.41, 5.74) is 7.07. The maximum atomic E-state index is 13.2. The van der Waals surface area contributed by atoms with Gasteiger partial charge >= 0.3 is 11.9 Å². The van der Waals surface area contributed by atoms with Crippen LogP contribution in [0.15, 0.2) is 48.5 Å². The first kappa shape index (κ1) is 31.6.